The molecule has 0 atom stereocenters. The molecule has 0 fully saturated rings. The minimum Gasteiger partial charge on any atom is -0.495 e. The number of halogens is 2. The largest absolute Gasteiger partial charge is 0.495 e. The van der Waals surface area contributed by atoms with Gasteiger partial charge in [-0.3, -0.25) is 14.9 Å². The van der Waals surface area contributed by atoms with E-state index in [4.69, 9.17) is 27.9 Å². The quantitative estimate of drug-likeness (QED) is 0.363. The van der Waals surface area contributed by atoms with E-state index < -0.39 is 10.7 Å². The Labute approximate surface area is 101 Å². The van der Waals surface area contributed by atoms with Crippen molar-refractivity contribution in [2.24, 2.45) is 0 Å². The Morgan fingerprint density at radius 2 is 2.19 bits per heavy atom. The third-order valence-corrected chi connectivity index (χ3v) is 2.43. The van der Waals surface area contributed by atoms with Crippen molar-refractivity contribution in [1.82, 2.24) is 0 Å². The SMILES string of the molecule is COc1cc([N+](=O)[O-])c(C(=O)CCl)cc1Cl. The monoisotopic (exact) mass is 263 g/mol. The highest BCUT2D eigenvalue weighted by atomic mass is 35.5. The van der Waals surface area contributed by atoms with Gasteiger partial charge >= 0.3 is 0 Å². The van der Waals surface area contributed by atoms with Crippen molar-refractivity contribution in [2.45, 2.75) is 0 Å². The highest BCUT2D eigenvalue weighted by Gasteiger charge is 2.22. The summed E-state index contributed by atoms with van der Waals surface area (Å²) >= 11 is 11.1. The average molecular weight is 264 g/mol. The molecule has 0 radical (unpaired) electrons. The third kappa shape index (κ3) is 2.43. The van der Waals surface area contributed by atoms with Crippen LogP contribution in [0.4, 0.5) is 5.69 Å². The Morgan fingerprint density at radius 3 is 2.62 bits per heavy atom. The van der Waals surface area contributed by atoms with Crippen LogP contribution >= 0.6 is 23.2 Å². The van der Waals surface area contributed by atoms with Gasteiger partial charge in [-0.2, -0.15) is 0 Å². The number of nitro benzene ring substituents is 1. The van der Waals surface area contributed by atoms with Crippen LogP contribution in [0.25, 0.3) is 0 Å². The van der Waals surface area contributed by atoms with E-state index in [2.05, 4.69) is 0 Å². The number of carbonyl (C=O) groups excluding carboxylic acids is 1. The summed E-state index contributed by atoms with van der Waals surface area (Å²) < 4.78 is 4.82. The number of ether oxygens (including phenoxy) is 1. The highest BCUT2D eigenvalue weighted by molar-refractivity contribution is 6.34. The first-order valence-corrected chi connectivity index (χ1v) is 5.03. The number of rotatable bonds is 4. The molecule has 0 aromatic heterocycles. The molecule has 1 aromatic carbocycles. The molecule has 0 aliphatic rings. The predicted octanol–water partition coefficient (Wildman–Crippen LogP) is 2.68. The average Bonchev–Trinajstić information content (AvgIpc) is 2.27. The van der Waals surface area contributed by atoms with Gasteiger partial charge in [-0.15, -0.1) is 11.6 Å². The van der Waals surface area contributed by atoms with Crippen LogP contribution in [0.2, 0.25) is 5.02 Å². The number of carbonyl (C=O) groups is 1. The van der Waals surface area contributed by atoms with Crippen LogP contribution in [0.3, 0.4) is 0 Å². The molecule has 86 valence electrons. The van der Waals surface area contributed by atoms with Crippen LogP contribution in [-0.4, -0.2) is 23.7 Å². The van der Waals surface area contributed by atoms with E-state index in [0.717, 1.165) is 6.07 Å². The van der Waals surface area contributed by atoms with Crippen molar-refractivity contribution in [3.05, 3.63) is 32.8 Å². The van der Waals surface area contributed by atoms with Crippen LogP contribution in [0.5, 0.6) is 5.75 Å². The molecule has 0 amide bonds. The Morgan fingerprint density at radius 1 is 1.56 bits per heavy atom. The van der Waals surface area contributed by atoms with Crippen molar-refractivity contribution < 1.29 is 14.5 Å². The number of alkyl halides is 1. The van der Waals surface area contributed by atoms with E-state index >= 15 is 0 Å². The number of methoxy groups -OCH3 is 1. The summed E-state index contributed by atoms with van der Waals surface area (Å²) in [4.78, 5) is 21.4. The molecule has 0 saturated heterocycles. The molecule has 0 aliphatic heterocycles. The van der Waals surface area contributed by atoms with Crippen molar-refractivity contribution >= 4 is 34.7 Å². The van der Waals surface area contributed by atoms with Gasteiger partial charge < -0.3 is 4.74 Å². The van der Waals surface area contributed by atoms with Crippen LogP contribution in [-0.2, 0) is 0 Å². The first-order valence-electron chi connectivity index (χ1n) is 4.12. The lowest BCUT2D eigenvalue weighted by Crippen LogP contribution is -2.05. The lowest BCUT2D eigenvalue weighted by atomic mass is 10.1. The number of hydrogen-bond donors (Lipinski definition) is 0. The normalized spacial score (nSPS) is 9.94. The van der Waals surface area contributed by atoms with Gasteiger partial charge in [-0.1, -0.05) is 11.6 Å². The number of hydrogen-bond acceptors (Lipinski definition) is 4. The van der Waals surface area contributed by atoms with Crippen molar-refractivity contribution in [2.75, 3.05) is 13.0 Å². The van der Waals surface area contributed by atoms with Crippen molar-refractivity contribution in [3.63, 3.8) is 0 Å². The minimum atomic E-state index is -0.682. The number of nitro groups is 1. The van der Waals surface area contributed by atoms with Crippen molar-refractivity contribution in [1.29, 1.82) is 0 Å². The maximum Gasteiger partial charge on any atom is 0.284 e. The molecule has 0 saturated carbocycles. The van der Waals surface area contributed by atoms with E-state index in [0.29, 0.717) is 0 Å². The molecule has 16 heavy (non-hydrogen) atoms. The van der Waals surface area contributed by atoms with Crippen LogP contribution < -0.4 is 4.74 Å². The summed E-state index contributed by atoms with van der Waals surface area (Å²) in [7, 11) is 1.33. The third-order valence-electron chi connectivity index (χ3n) is 1.89. The zero-order chi connectivity index (χ0) is 12.3. The lowest BCUT2D eigenvalue weighted by molar-refractivity contribution is -0.385. The lowest BCUT2D eigenvalue weighted by Gasteiger charge is -2.05. The second-order valence-electron chi connectivity index (χ2n) is 2.82. The van der Waals surface area contributed by atoms with Gasteiger partial charge in [0.25, 0.3) is 5.69 Å². The van der Waals surface area contributed by atoms with E-state index in [1.807, 2.05) is 0 Å². The van der Waals surface area contributed by atoms with Gasteiger partial charge in [0.2, 0.25) is 0 Å². The molecule has 0 bridgehead atoms. The van der Waals surface area contributed by atoms with Gasteiger partial charge in [0.15, 0.2) is 5.78 Å². The van der Waals surface area contributed by atoms with Gasteiger partial charge in [0.05, 0.1) is 34.6 Å². The second kappa shape index (κ2) is 5.14. The Balaban J connectivity index is 3.42. The standard InChI is InChI=1S/C9H7Cl2NO4/c1-16-9-3-7(12(14)15)5(2-6(9)11)8(13)4-10/h2-3H,4H2,1H3. The molecular weight excluding hydrogens is 257 g/mol. The molecular formula is C9H7Cl2NO4. The Hall–Kier alpha value is -1.33. The van der Waals surface area contributed by atoms with Gasteiger partial charge in [0, 0.05) is 0 Å². The Bertz CT molecular complexity index is 447. The second-order valence-corrected chi connectivity index (χ2v) is 3.49. The fourth-order valence-corrected chi connectivity index (χ4v) is 1.53. The van der Waals surface area contributed by atoms with Crippen LogP contribution in [0.15, 0.2) is 12.1 Å². The first kappa shape index (κ1) is 12.7. The van der Waals surface area contributed by atoms with Gasteiger partial charge in [0.1, 0.15) is 5.75 Å². The van der Waals surface area contributed by atoms with E-state index in [9.17, 15) is 14.9 Å². The molecule has 1 aromatic rings. The summed E-state index contributed by atoms with van der Waals surface area (Å²) in [6.07, 6.45) is 0. The molecule has 0 heterocycles. The number of nitrogens with zero attached hydrogens (tertiary/aromatic N) is 1. The topological polar surface area (TPSA) is 69.4 Å². The minimum absolute atomic E-state index is 0.120. The van der Waals surface area contributed by atoms with Gasteiger partial charge in [-0.05, 0) is 6.07 Å². The molecule has 0 unspecified atom stereocenters. The number of Topliss-reactive ketones (excluding diaryl/α,β-unsaturated/α-hetero) is 1. The fraction of sp³-hybridized carbons (Fsp3) is 0.222. The smallest absolute Gasteiger partial charge is 0.284 e. The van der Waals surface area contributed by atoms with Crippen LogP contribution in [0, 0.1) is 10.1 Å². The molecule has 1 rings (SSSR count). The maximum atomic E-state index is 11.4. The molecule has 7 heteroatoms. The van der Waals surface area contributed by atoms with Crippen LogP contribution in [0.1, 0.15) is 10.4 Å². The summed E-state index contributed by atoms with van der Waals surface area (Å²) in [5.74, 6) is -0.763. The summed E-state index contributed by atoms with van der Waals surface area (Å²) in [6, 6.07) is 2.28. The zero-order valence-corrected chi connectivity index (χ0v) is 9.71. The fourth-order valence-electron chi connectivity index (χ4n) is 1.15. The summed E-state index contributed by atoms with van der Waals surface area (Å²) in [6.45, 7) is 0. The molecule has 0 spiro atoms. The highest BCUT2D eigenvalue weighted by Crippen LogP contribution is 2.32. The zero-order valence-electron chi connectivity index (χ0n) is 8.20. The molecule has 0 N–H and O–H groups in total. The molecule has 5 nitrogen and oxygen atoms in total. The van der Waals surface area contributed by atoms with E-state index in [1.165, 1.54) is 13.2 Å². The summed E-state index contributed by atoms with van der Waals surface area (Å²) in [5.41, 5.74) is -0.488. The van der Waals surface area contributed by atoms with E-state index in [-0.39, 0.29) is 27.9 Å². The first-order chi connectivity index (χ1) is 7.51. The van der Waals surface area contributed by atoms with E-state index in [1.54, 1.807) is 0 Å². The maximum absolute atomic E-state index is 11.4. The molecule has 0 aliphatic carbocycles. The number of ketones is 1. The summed E-state index contributed by atoms with van der Waals surface area (Å²) in [5, 5.41) is 10.9. The predicted molar refractivity (Wildman–Crippen MR) is 59.7 cm³/mol. The number of benzene rings is 1. The Kier molecular flexibility index (Phi) is 4.09. The van der Waals surface area contributed by atoms with Gasteiger partial charge in [-0.25, -0.2) is 0 Å². The van der Waals surface area contributed by atoms with Crippen molar-refractivity contribution in [3.8, 4) is 5.75 Å².